The summed E-state index contributed by atoms with van der Waals surface area (Å²) in [5.41, 5.74) is 2.66. The fourth-order valence-electron chi connectivity index (χ4n) is 3.87. The molecule has 7 nitrogen and oxygen atoms in total. The average molecular weight is 403 g/mol. The van der Waals surface area contributed by atoms with Crippen LogP contribution < -0.4 is 0 Å². The van der Waals surface area contributed by atoms with E-state index in [1.165, 1.54) is 6.07 Å². The number of para-hydroxylation sites is 1. The van der Waals surface area contributed by atoms with E-state index in [0.717, 1.165) is 61.8 Å². The summed E-state index contributed by atoms with van der Waals surface area (Å²) in [5.74, 6) is 1.73. The third-order valence-electron chi connectivity index (χ3n) is 5.42. The topological polar surface area (TPSA) is 64.7 Å². The second-order valence-corrected chi connectivity index (χ2v) is 7.49. The Morgan fingerprint density at radius 1 is 0.933 bits per heavy atom. The SMILES string of the molecule is Fc1ccccc1-n1cc(CN2CCc3nnc(Cc4cccnc4)n3CC2)cn1. The summed E-state index contributed by atoms with van der Waals surface area (Å²) in [6, 6.07) is 10.7. The number of nitrogens with zero attached hydrogens (tertiary/aromatic N) is 7. The lowest BCUT2D eigenvalue weighted by atomic mass is 10.2. The molecule has 30 heavy (non-hydrogen) atoms. The zero-order valence-electron chi connectivity index (χ0n) is 16.5. The van der Waals surface area contributed by atoms with Gasteiger partial charge in [-0.2, -0.15) is 5.10 Å². The molecule has 0 bridgehead atoms. The third-order valence-corrected chi connectivity index (χ3v) is 5.42. The molecule has 0 radical (unpaired) electrons. The van der Waals surface area contributed by atoms with Crippen LogP contribution in [0.3, 0.4) is 0 Å². The first-order valence-electron chi connectivity index (χ1n) is 10.1. The third kappa shape index (κ3) is 3.86. The molecule has 0 amide bonds. The van der Waals surface area contributed by atoms with Gasteiger partial charge in [0.05, 0.1) is 6.20 Å². The van der Waals surface area contributed by atoms with Crippen molar-refractivity contribution < 1.29 is 4.39 Å². The summed E-state index contributed by atoms with van der Waals surface area (Å²) in [6.45, 7) is 3.41. The summed E-state index contributed by atoms with van der Waals surface area (Å²) >= 11 is 0. The molecule has 0 saturated heterocycles. The fourth-order valence-corrected chi connectivity index (χ4v) is 3.87. The van der Waals surface area contributed by atoms with Crippen molar-refractivity contribution in [2.24, 2.45) is 0 Å². The Labute approximate surface area is 173 Å². The van der Waals surface area contributed by atoms with Crippen molar-refractivity contribution >= 4 is 0 Å². The van der Waals surface area contributed by atoms with Crippen LogP contribution in [0.5, 0.6) is 0 Å². The smallest absolute Gasteiger partial charge is 0.148 e. The van der Waals surface area contributed by atoms with Crippen LogP contribution in [0.25, 0.3) is 5.69 Å². The molecule has 1 aromatic carbocycles. The Kier molecular flexibility index (Phi) is 5.06. The van der Waals surface area contributed by atoms with Gasteiger partial charge in [0, 0.05) is 63.2 Å². The molecule has 1 aliphatic heterocycles. The Bertz CT molecular complexity index is 1140. The fraction of sp³-hybridized carbons (Fsp3) is 0.273. The summed E-state index contributed by atoms with van der Waals surface area (Å²) in [5, 5.41) is 13.2. The summed E-state index contributed by atoms with van der Waals surface area (Å²) in [7, 11) is 0. The van der Waals surface area contributed by atoms with Crippen LogP contribution >= 0.6 is 0 Å². The van der Waals surface area contributed by atoms with Gasteiger partial charge in [-0.15, -0.1) is 10.2 Å². The van der Waals surface area contributed by atoms with E-state index in [4.69, 9.17) is 0 Å². The first-order chi connectivity index (χ1) is 14.8. The van der Waals surface area contributed by atoms with Gasteiger partial charge in [0.1, 0.15) is 23.2 Å². The summed E-state index contributed by atoms with van der Waals surface area (Å²) in [6.07, 6.45) is 8.94. The first-order valence-corrected chi connectivity index (χ1v) is 10.1. The number of hydrogen-bond donors (Lipinski definition) is 0. The molecular formula is C22H22FN7. The van der Waals surface area contributed by atoms with Gasteiger partial charge in [-0.1, -0.05) is 18.2 Å². The molecule has 4 aromatic rings. The van der Waals surface area contributed by atoms with E-state index in [1.807, 2.05) is 30.7 Å². The maximum atomic E-state index is 14.0. The predicted molar refractivity (Wildman–Crippen MR) is 110 cm³/mol. The molecule has 0 unspecified atom stereocenters. The van der Waals surface area contributed by atoms with Crippen molar-refractivity contribution in [3.63, 3.8) is 0 Å². The molecule has 0 fully saturated rings. The van der Waals surface area contributed by atoms with E-state index in [1.54, 1.807) is 23.0 Å². The van der Waals surface area contributed by atoms with E-state index in [-0.39, 0.29) is 5.82 Å². The van der Waals surface area contributed by atoms with Gasteiger partial charge in [-0.25, -0.2) is 9.07 Å². The highest BCUT2D eigenvalue weighted by atomic mass is 19.1. The van der Waals surface area contributed by atoms with Crippen molar-refractivity contribution in [3.05, 3.63) is 89.8 Å². The van der Waals surface area contributed by atoms with Crippen molar-refractivity contribution in [2.75, 3.05) is 13.1 Å². The number of halogens is 1. The van der Waals surface area contributed by atoms with Crippen LogP contribution in [0, 0.1) is 5.82 Å². The van der Waals surface area contributed by atoms with Crippen LogP contribution in [0.1, 0.15) is 22.8 Å². The van der Waals surface area contributed by atoms with Crippen LogP contribution in [-0.2, 0) is 25.9 Å². The zero-order chi connectivity index (χ0) is 20.3. The van der Waals surface area contributed by atoms with Gasteiger partial charge < -0.3 is 4.57 Å². The highest BCUT2D eigenvalue weighted by molar-refractivity contribution is 5.33. The molecule has 4 heterocycles. The standard InChI is InChI=1S/C22H22FN7/c23-19-5-1-2-6-20(19)30-16-18(14-25-30)15-28-9-7-21-26-27-22(29(21)11-10-28)12-17-4-3-8-24-13-17/h1-6,8,13-14,16H,7,9-12,15H2. The Morgan fingerprint density at radius 2 is 1.87 bits per heavy atom. The molecule has 5 rings (SSSR count). The lowest BCUT2D eigenvalue weighted by Crippen LogP contribution is -2.26. The van der Waals surface area contributed by atoms with Gasteiger partial charge in [-0.05, 0) is 23.8 Å². The molecule has 1 aliphatic rings. The summed E-state index contributed by atoms with van der Waals surface area (Å²) in [4.78, 5) is 6.57. The molecule has 152 valence electrons. The van der Waals surface area contributed by atoms with E-state index < -0.39 is 0 Å². The number of fused-ring (bicyclic) bond motifs is 1. The number of hydrogen-bond acceptors (Lipinski definition) is 5. The van der Waals surface area contributed by atoms with Crippen molar-refractivity contribution in [2.45, 2.75) is 25.9 Å². The number of rotatable bonds is 5. The molecule has 0 N–H and O–H groups in total. The predicted octanol–water partition coefficient (Wildman–Crippen LogP) is 2.65. The Hall–Kier alpha value is -3.39. The number of pyridine rings is 1. The Morgan fingerprint density at radius 3 is 2.73 bits per heavy atom. The lowest BCUT2D eigenvalue weighted by molar-refractivity contribution is 0.270. The second-order valence-electron chi connectivity index (χ2n) is 7.49. The Balaban J connectivity index is 1.26. The van der Waals surface area contributed by atoms with Crippen LogP contribution in [-0.4, -0.2) is 47.5 Å². The van der Waals surface area contributed by atoms with Crippen LogP contribution in [0.15, 0.2) is 61.2 Å². The molecule has 0 saturated carbocycles. The lowest BCUT2D eigenvalue weighted by Gasteiger charge is -2.18. The second kappa shape index (κ2) is 8.16. The van der Waals surface area contributed by atoms with E-state index in [9.17, 15) is 4.39 Å². The van der Waals surface area contributed by atoms with Gasteiger partial charge in [-0.3, -0.25) is 9.88 Å². The number of aromatic nitrogens is 6. The molecule has 0 atom stereocenters. The molecular weight excluding hydrogens is 381 g/mol. The summed E-state index contributed by atoms with van der Waals surface area (Å²) < 4.78 is 17.8. The van der Waals surface area contributed by atoms with Crippen LogP contribution in [0.2, 0.25) is 0 Å². The van der Waals surface area contributed by atoms with Gasteiger partial charge in [0.2, 0.25) is 0 Å². The minimum absolute atomic E-state index is 0.277. The van der Waals surface area contributed by atoms with Crippen LogP contribution in [0.4, 0.5) is 4.39 Å². The largest absolute Gasteiger partial charge is 0.313 e. The van der Waals surface area contributed by atoms with E-state index in [2.05, 4.69) is 35.8 Å². The van der Waals surface area contributed by atoms with E-state index >= 15 is 0 Å². The monoisotopic (exact) mass is 403 g/mol. The number of benzene rings is 1. The normalized spacial score (nSPS) is 14.4. The maximum absolute atomic E-state index is 14.0. The van der Waals surface area contributed by atoms with Gasteiger partial charge in [0.15, 0.2) is 0 Å². The minimum Gasteiger partial charge on any atom is -0.313 e. The molecule has 0 aliphatic carbocycles. The zero-order valence-corrected chi connectivity index (χ0v) is 16.5. The van der Waals surface area contributed by atoms with Gasteiger partial charge >= 0.3 is 0 Å². The van der Waals surface area contributed by atoms with E-state index in [0.29, 0.717) is 5.69 Å². The average Bonchev–Trinajstić information content (AvgIpc) is 3.32. The quantitative estimate of drug-likeness (QED) is 0.513. The molecule has 8 heteroatoms. The van der Waals surface area contributed by atoms with Crippen molar-refractivity contribution in [1.82, 2.24) is 34.4 Å². The van der Waals surface area contributed by atoms with Crippen molar-refractivity contribution in [3.8, 4) is 5.69 Å². The molecule has 0 spiro atoms. The van der Waals surface area contributed by atoms with Crippen molar-refractivity contribution in [1.29, 1.82) is 0 Å². The minimum atomic E-state index is -0.277. The highest BCUT2D eigenvalue weighted by Crippen LogP contribution is 2.16. The first kappa shape index (κ1) is 18.6. The maximum Gasteiger partial charge on any atom is 0.148 e. The van der Waals surface area contributed by atoms with Gasteiger partial charge in [0.25, 0.3) is 0 Å². The molecule has 3 aromatic heterocycles. The highest BCUT2D eigenvalue weighted by Gasteiger charge is 2.19.